The van der Waals surface area contributed by atoms with E-state index >= 15 is 0 Å². The second-order valence-corrected chi connectivity index (χ2v) is 4.07. The van der Waals surface area contributed by atoms with E-state index in [0.29, 0.717) is 18.1 Å². The number of benzene rings is 1. The molecule has 1 aromatic carbocycles. The number of pyridine rings is 1. The van der Waals surface area contributed by atoms with E-state index in [1.165, 1.54) is 18.5 Å². The Kier molecular flexibility index (Phi) is 4.55. The number of para-hydroxylation sites is 2. The number of hydrogen-bond acceptors (Lipinski definition) is 4. The fourth-order valence-corrected chi connectivity index (χ4v) is 1.62. The molecule has 0 radical (unpaired) electrons. The summed E-state index contributed by atoms with van der Waals surface area (Å²) in [6.45, 7) is 2.58. The van der Waals surface area contributed by atoms with Crippen molar-refractivity contribution in [1.29, 1.82) is 0 Å². The minimum atomic E-state index is -1.08. The molecule has 0 amide bonds. The maximum atomic E-state index is 11.1. The van der Waals surface area contributed by atoms with Crippen molar-refractivity contribution in [2.45, 2.75) is 13.3 Å². The predicted octanol–water partition coefficient (Wildman–Crippen LogP) is 3.36. The number of hydrogen-bond donors (Lipinski definition) is 1. The Morgan fingerprint density at radius 3 is 2.65 bits per heavy atom. The molecule has 2 aromatic rings. The molecule has 0 atom stereocenters. The number of carboxylic acid groups (broad SMARTS) is 1. The van der Waals surface area contributed by atoms with Crippen LogP contribution in [0.25, 0.3) is 0 Å². The summed E-state index contributed by atoms with van der Waals surface area (Å²) in [6.07, 6.45) is 3.62. The van der Waals surface area contributed by atoms with Gasteiger partial charge in [0.05, 0.1) is 6.61 Å². The third-order valence-electron chi connectivity index (χ3n) is 2.54. The lowest BCUT2D eigenvalue weighted by Crippen LogP contribution is -2.02. The number of carbonyl (C=O) groups is 1. The average Bonchev–Trinajstić information content (AvgIpc) is 2.47. The van der Waals surface area contributed by atoms with Gasteiger partial charge in [-0.05, 0) is 18.6 Å². The smallest absolute Gasteiger partial charge is 0.341 e. The first-order chi connectivity index (χ1) is 9.72. The molecule has 0 saturated heterocycles. The molecule has 0 aliphatic heterocycles. The summed E-state index contributed by atoms with van der Waals surface area (Å²) in [5, 5.41) is 9.10. The van der Waals surface area contributed by atoms with Gasteiger partial charge in [-0.2, -0.15) is 0 Å². The second-order valence-electron chi connectivity index (χ2n) is 4.07. The van der Waals surface area contributed by atoms with Crippen LogP contribution in [0.3, 0.4) is 0 Å². The highest BCUT2D eigenvalue weighted by Gasteiger charge is 2.13. The highest BCUT2D eigenvalue weighted by Crippen LogP contribution is 2.32. The zero-order valence-electron chi connectivity index (χ0n) is 11.1. The van der Waals surface area contributed by atoms with Crippen LogP contribution < -0.4 is 9.47 Å². The minimum absolute atomic E-state index is 0.0118. The van der Waals surface area contributed by atoms with Crippen LogP contribution in [0.1, 0.15) is 23.7 Å². The van der Waals surface area contributed by atoms with Crippen molar-refractivity contribution in [3.05, 3.63) is 48.3 Å². The Morgan fingerprint density at radius 1 is 1.20 bits per heavy atom. The quantitative estimate of drug-likeness (QED) is 0.874. The molecular formula is C15H15NO4. The fourth-order valence-electron chi connectivity index (χ4n) is 1.62. The summed E-state index contributed by atoms with van der Waals surface area (Å²) in [4.78, 5) is 14.9. The van der Waals surface area contributed by atoms with Crippen LogP contribution in [0, 0.1) is 0 Å². The molecule has 104 valence electrons. The average molecular weight is 273 g/mol. The molecule has 0 fully saturated rings. The second kappa shape index (κ2) is 6.56. The molecule has 0 bridgehead atoms. The number of ether oxygens (including phenoxy) is 2. The van der Waals surface area contributed by atoms with Gasteiger partial charge in [0, 0.05) is 18.5 Å². The van der Waals surface area contributed by atoms with E-state index in [-0.39, 0.29) is 11.3 Å². The molecule has 0 aliphatic rings. The fraction of sp³-hybridized carbons (Fsp3) is 0.200. The third kappa shape index (κ3) is 3.26. The molecule has 0 spiro atoms. The number of carboxylic acids is 1. The highest BCUT2D eigenvalue weighted by atomic mass is 16.5. The van der Waals surface area contributed by atoms with E-state index in [1.807, 2.05) is 13.0 Å². The molecule has 2 rings (SSSR count). The van der Waals surface area contributed by atoms with Gasteiger partial charge in [0.15, 0.2) is 11.5 Å². The Bertz CT molecular complexity index is 598. The van der Waals surface area contributed by atoms with Gasteiger partial charge in [-0.3, -0.25) is 4.98 Å². The van der Waals surface area contributed by atoms with Gasteiger partial charge in [-0.1, -0.05) is 19.1 Å². The standard InChI is InChI=1S/C15H15NO4/c1-2-9-19-13-5-3-4-6-14(13)20-12-7-8-16-10-11(12)15(17)18/h3-8,10H,2,9H2,1H3,(H,17,18). The lowest BCUT2D eigenvalue weighted by Gasteiger charge is -2.12. The molecule has 1 aromatic heterocycles. The number of aromatic nitrogens is 1. The number of nitrogens with zero attached hydrogens (tertiary/aromatic N) is 1. The topological polar surface area (TPSA) is 68.7 Å². The third-order valence-corrected chi connectivity index (χ3v) is 2.54. The van der Waals surface area contributed by atoms with Gasteiger partial charge in [-0.15, -0.1) is 0 Å². The highest BCUT2D eigenvalue weighted by molar-refractivity contribution is 5.90. The van der Waals surface area contributed by atoms with Crippen LogP contribution in [0.5, 0.6) is 17.2 Å². The first-order valence-electron chi connectivity index (χ1n) is 6.29. The van der Waals surface area contributed by atoms with Crippen molar-refractivity contribution in [2.24, 2.45) is 0 Å². The van der Waals surface area contributed by atoms with Gasteiger partial charge in [0.2, 0.25) is 0 Å². The Balaban J connectivity index is 2.28. The first kappa shape index (κ1) is 13.9. The van der Waals surface area contributed by atoms with Crippen LogP contribution in [0.4, 0.5) is 0 Å². The van der Waals surface area contributed by atoms with Crippen molar-refractivity contribution < 1.29 is 19.4 Å². The van der Waals surface area contributed by atoms with E-state index in [4.69, 9.17) is 14.6 Å². The van der Waals surface area contributed by atoms with Crippen LogP contribution >= 0.6 is 0 Å². The summed E-state index contributed by atoms with van der Waals surface area (Å²) in [7, 11) is 0. The van der Waals surface area contributed by atoms with Crippen molar-refractivity contribution in [3.63, 3.8) is 0 Å². The van der Waals surface area contributed by atoms with E-state index in [0.717, 1.165) is 6.42 Å². The molecule has 0 aliphatic carbocycles. The summed E-state index contributed by atoms with van der Waals surface area (Å²) in [6, 6.07) is 8.67. The van der Waals surface area contributed by atoms with Gasteiger partial charge < -0.3 is 14.6 Å². The normalized spacial score (nSPS) is 10.1. The van der Waals surface area contributed by atoms with Crippen molar-refractivity contribution in [3.8, 4) is 17.2 Å². The molecular weight excluding hydrogens is 258 g/mol. The lowest BCUT2D eigenvalue weighted by atomic mass is 10.2. The van der Waals surface area contributed by atoms with Crippen molar-refractivity contribution >= 4 is 5.97 Å². The SMILES string of the molecule is CCCOc1ccccc1Oc1ccncc1C(=O)O. The van der Waals surface area contributed by atoms with E-state index in [9.17, 15) is 4.79 Å². The molecule has 5 nitrogen and oxygen atoms in total. The van der Waals surface area contributed by atoms with Gasteiger partial charge in [0.1, 0.15) is 11.3 Å². The zero-order valence-corrected chi connectivity index (χ0v) is 11.1. The van der Waals surface area contributed by atoms with Crippen LogP contribution in [0.15, 0.2) is 42.7 Å². The summed E-state index contributed by atoms with van der Waals surface area (Å²) in [5.74, 6) is 0.220. The first-order valence-corrected chi connectivity index (χ1v) is 6.29. The molecule has 1 heterocycles. The summed E-state index contributed by atoms with van der Waals surface area (Å²) < 4.78 is 11.2. The predicted molar refractivity (Wildman–Crippen MR) is 73.5 cm³/mol. The van der Waals surface area contributed by atoms with Crippen LogP contribution in [-0.4, -0.2) is 22.7 Å². The van der Waals surface area contributed by atoms with Gasteiger partial charge in [0.25, 0.3) is 0 Å². The molecule has 1 N–H and O–H groups in total. The maximum Gasteiger partial charge on any atom is 0.341 e. The Morgan fingerprint density at radius 2 is 1.95 bits per heavy atom. The molecule has 20 heavy (non-hydrogen) atoms. The molecule has 0 unspecified atom stereocenters. The molecule has 0 saturated carbocycles. The maximum absolute atomic E-state index is 11.1. The van der Waals surface area contributed by atoms with Crippen molar-refractivity contribution in [1.82, 2.24) is 4.98 Å². The van der Waals surface area contributed by atoms with E-state index < -0.39 is 5.97 Å². The van der Waals surface area contributed by atoms with Crippen LogP contribution in [-0.2, 0) is 0 Å². The van der Waals surface area contributed by atoms with Gasteiger partial charge >= 0.3 is 5.97 Å². The zero-order chi connectivity index (χ0) is 14.4. The minimum Gasteiger partial charge on any atom is -0.490 e. The van der Waals surface area contributed by atoms with E-state index in [2.05, 4.69) is 4.98 Å². The molecule has 5 heteroatoms. The number of rotatable bonds is 6. The van der Waals surface area contributed by atoms with Crippen molar-refractivity contribution in [2.75, 3.05) is 6.61 Å². The number of aromatic carboxylic acids is 1. The van der Waals surface area contributed by atoms with E-state index in [1.54, 1.807) is 18.2 Å². The lowest BCUT2D eigenvalue weighted by molar-refractivity contribution is 0.0693. The van der Waals surface area contributed by atoms with Gasteiger partial charge in [-0.25, -0.2) is 4.79 Å². The summed E-state index contributed by atoms with van der Waals surface area (Å²) >= 11 is 0. The Hall–Kier alpha value is -2.56. The summed E-state index contributed by atoms with van der Waals surface area (Å²) in [5.41, 5.74) is 0.0118. The largest absolute Gasteiger partial charge is 0.490 e. The van der Waals surface area contributed by atoms with Crippen LogP contribution in [0.2, 0.25) is 0 Å². The monoisotopic (exact) mass is 273 g/mol. The Labute approximate surface area is 116 Å².